The molecule has 0 aromatic heterocycles. The van der Waals surface area contributed by atoms with Crippen LogP contribution >= 0.6 is 0 Å². The van der Waals surface area contributed by atoms with Gasteiger partial charge in [0, 0.05) is 0 Å². The number of hydrogen-bond donors (Lipinski definition) is 0. The van der Waals surface area contributed by atoms with Gasteiger partial charge in [0.2, 0.25) is 0 Å². The van der Waals surface area contributed by atoms with Gasteiger partial charge in [-0.3, -0.25) is 0 Å². The van der Waals surface area contributed by atoms with Crippen molar-refractivity contribution in [1.29, 1.82) is 0 Å². The van der Waals surface area contributed by atoms with Crippen LogP contribution < -0.4 is 4.74 Å². The van der Waals surface area contributed by atoms with Crippen molar-refractivity contribution in [1.82, 2.24) is 0 Å². The lowest BCUT2D eigenvalue weighted by Gasteiger charge is -2.06. The number of rotatable bonds is 9. The molecule has 0 aliphatic heterocycles. The van der Waals surface area contributed by atoms with Gasteiger partial charge in [0.1, 0.15) is 12.4 Å². The van der Waals surface area contributed by atoms with Gasteiger partial charge in [-0.2, -0.15) is 0 Å². The molecule has 17 heavy (non-hydrogen) atoms. The van der Waals surface area contributed by atoms with Gasteiger partial charge < -0.3 is 4.74 Å². The number of benzene rings is 1. The molecule has 0 aliphatic carbocycles. The molecule has 0 radical (unpaired) electrons. The minimum Gasteiger partial charge on any atom is -0.494 e. The fourth-order valence-corrected chi connectivity index (χ4v) is 1.75. The lowest BCUT2D eigenvalue weighted by Crippen LogP contribution is -1.97. The average Bonchev–Trinajstić information content (AvgIpc) is 2.38. The van der Waals surface area contributed by atoms with Gasteiger partial charge in [-0.1, -0.05) is 51.2 Å². The van der Waals surface area contributed by atoms with Crippen LogP contribution in [-0.4, -0.2) is 6.61 Å². The first-order valence-corrected chi connectivity index (χ1v) is 6.64. The molecule has 1 aromatic carbocycles. The number of halogens is 1. The minimum atomic E-state index is -0.405. The maximum Gasteiger partial charge on any atom is 0.119 e. The zero-order valence-electron chi connectivity index (χ0n) is 10.8. The molecule has 2 heteroatoms. The highest BCUT2D eigenvalue weighted by Crippen LogP contribution is 2.13. The number of alkyl halides is 1. The molecule has 0 saturated carbocycles. The third kappa shape index (κ3) is 6.30. The maximum absolute atomic E-state index is 12.3. The van der Waals surface area contributed by atoms with E-state index in [1.807, 2.05) is 12.1 Å². The summed E-state index contributed by atoms with van der Waals surface area (Å²) in [6.45, 7) is 2.59. The lowest BCUT2D eigenvalue weighted by atomic mass is 10.1. The molecule has 0 spiro atoms. The summed E-state index contributed by atoms with van der Waals surface area (Å²) in [4.78, 5) is 0. The first-order chi connectivity index (χ1) is 8.36. The van der Waals surface area contributed by atoms with Crippen molar-refractivity contribution in [2.75, 3.05) is 6.61 Å². The molecule has 0 unspecified atom stereocenters. The van der Waals surface area contributed by atoms with Crippen LogP contribution in [0.5, 0.6) is 5.75 Å². The predicted octanol–water partition coefficient (Wildman–Crippen LogP) is 4.90. The fraction of sp³-hybridized carbons (Fsp3) is 0.600. The average molecular weight is 238 g/mol. The second kappa shape index (κ2) is 9.03. The van der Waals surface area contributed by atoms with Crippen molar-refractivity contribution >= 4 is 0 Å². The van der Waals surface area contributed by atoms with Crippen LogP contribution in [-0.2, 0) is 6.67 Å². The Hall–Kier alpha value is -1.05. The van der Waals surface area contributed by atoms with Crippen LogP contribution in [0.4, 0.5) is 4.39 Å². The molecule has 0 N–H and O–H groups in total. The summed E-state index contributed by atoms with van der Waals surface area (Å²) in [7, 11) is 0. The van der Waals surface area contributed by atoms with Crippen molar-refractivity contribution in [3.63, 3.8) is 0 Å². The van der Waals surface area contributed by atoms with E-state index in [1.165, 1.54) is 32.1 Å². The third-order valence-electron chi connectivity index (χ3n) is 2.84. The predicted molar refractivity (Wildman–Crippen MR) is 70.1 cm³/mol. The van der Waals surface area contributed by atoms with Crippen LogP contribution in [0.3, 0.4) is 0 Å². The van der Waals surface area contributed by atoms with Gasteiger partial charge in [-0.25, -0.2) is 4.39 Å². The van der Waals surface area contributed by atoms with E-state index in [9.17, 15) is 4.39 Å². The molecule has 0 heterocycles. The van der Waals surface area contributed by atoms with Gasteiger partial charge in [0.25, 0.3) is 0 Å². The Labute approximate surface area is 104 Å². The molecule has 0 amide bonds. The Kier molecular flexibility index (Phi) is 7.44. The van der Waals surface area contributed by atoms with E-state index in [2.05, 4.69) is 6.92 Å². The van der Waals surface area contributed by atoms with Gasteiger partial charge in [0.05, 0.1) is 6.61 Å². The summed E-state index contributed by atoms with van der Waals surface area (Å²) >= 11 is 0. The Balaban J connectivity index is 2.05. The van der Waals surface area contributed by atoms with Crippen LogP contribution in [0.2, 0.25) is 0 Å². The van der Waals surface area contributed by atoms with Crippen LogP contribution in [0.15, 0.2) is 24.3 Å². The molecule has 0 bridgehead atoms. The van der Waals surface area contributed by atoms with Crippen LogP contribution in [0.25, 0.3) is 0 Å². The highest BCUT2D eigenvalue weighted by atomic mass is 19.1. The third-order valence-corrected chi connectivity index (χ3v) is 2.84. The summed E-state index contributed by atoms with van der Waals surface area (Å²) in [5.74, 6) is 0.843. The smallest absolute Gasteiger partial charge is 0.119 e. The van der Waals surface area contributed by atoms with Crippen molar-refractivity contribution in [3.05, 3.63) is 29.8 Å². The molecule has 1 nitrogen and oxygen atoms in total. The molecule has 1 aromatic rings. The summed E-state index contributed by atoms with van der Waals surface area (Å²) < 4.78 is 17.9. The summed E-state index contributed by atoms with van der Waals surface area (Å²) in [6, 6.07) is 7.23. The Morgan fingerprint density at radius 3 is 2.24 bits per heavy atom. The summed E-state index contributed by atoms with van der Waals surface area (Å²) in [5, 5.41) is 0. The second-order valence-corrected chi connectivity index (χ2v) is 4.39. The Morgan fingerprint density at radius 2 is 1.59 bits per heavy atom. The van der Waals surface area contributed by atoms with Crippen molar-refractivity contribution < 1.29 is 9.13 Å². The molecule has 0 fully saturated rings. The minimum absolute atomic E-state index is 0.405. The quantitative estimate of drug-likeness (QED) is 0.556. The molecule has 0 aliphatic rings. The maximum atomic E-state index is 12.3. The fourth-order valence-electron chi connectivity index (χ4n) is 1.75. The molecule has 0 atom stereocenters. The van der Waals surface area contributed by atoms with Crippen LogP contribution in [0.1, 0.15) is 51.0 Å². The Bertz CT molecular complexity index is 281. The molecule has 1 rings (SSSR count). The van der Waals surface area contributed by atoms with Gasteiger partial charge >= 0.3 is 0 Å². The van der Waals surface area contributed by atoms with Gasteiger partial charge in [-0.15, -0.1) is 0 Å². The molecular formula is C15H23FO. The lowest BCUT2D eigenvalue weighted by molar-refractivity contribution is 0.304. The first kappa shape index (κ1) is 14.0. The monoisotopic (exact) mass is 238 g/mol. The van der Waals surface area contributed by atoms with Gasteiger partial charge in [0.15, 0.2) is 0 Å². The highest BCUT2D eigenvalue weighted by molar-refractivity contribution is 5.26. The normalized spacial score (nSPS) is 10.5. The Morgan fingerprint density at radius 1 is 0.941 bits per heavy atom. The second-order valence-electron chi connectivity index (χ2n) is 4.39. The van der Waals surface area contributed by atoms with E-state index in [-0.39, 0.29) is 0 Å². The zero-order valence-corrected chi connectivity index (χ0v) is 10.8. The van der Waals surface area contributed by atoms with Crippen molar-refractivity contribution in [2.45, 2.75) is 52.1 Å². The van der Waals surface area contributed by atoms with Crippen molar-refractivity contribution in [3.8, 4) is 5.75 Å². The van der Waals surface area contributed by atoms with E-state index >= 15 is 0 Å². The number of hydrogen-bond acceptors (Lipinski definition) is 1. The topological polar surface area (TPSA) is 9.23 Å². The zero-order chi connectivity index (χ0) is 12.3. The van der Waals surface area contributed by atoms with E-state index in [1.54, 1.807) is 12.1 Å². The van der Waals surface area contributed by atoms with Crippen LogP contribution in [0, 0.1) is 0 Å². The largest absolute Gasteiger partial charge is 0.494 e. The molecular weight excluding hydrogens is 215 g/mol. The van der Waals surface area contributed by atoms with Gasteiger partial charge in [-0.05, 0) is 24.1 Å². The summed E-state index contributed by atoms with van der Waals surface area (Å²) in [5.41, 5.74) is 0.705. The molecule has 0 saturated heterocycles. The summed E-state index contributed by atoms with van der Waals surface area (Å²) in [6.07, 6.45) is 7.61. The standard InChI is InChI=1S/C15H23FO/c1-2-3-4-5-6-7-12-17-15-10-8-14(13-16)9-11-15/h8-11H,2-7,12-13H2,1H3. The van der Waals surface area contributed by atoms with E-state index in [0.29, 0.717) is 5.56 Å². The van der Waals surface area contributed by atoms with Crippen molar-refractivity contribution in [2.24, 2.45) is 0 Å². The highest BCUT2D eigenvalue weighted by Gasteiger charge is 1.95. The van der Waals surface area contributed by atoms with E-state index in [0.717, 1.165) is 18.8 Å². The van der Waals surface area contributed by atoms with E-state index in [4.69, 9.17) is 4.74 Å². The first-order valence-electron chi connectivity index (χ1n) is 6.64. The SMILES string of the molecule is CCCCCCCCOc1ccc(CF)cc1. The number of unbranched alkanes of at least 4 members (excludes halogenated alkanes) is 5. The molecule has 96 valence electrons. The van der Waals surface area contributed by atoms with E-state index < -0.39 is 6.67 Å². The number of ether oxygens (including phenoxy) is 1.